The van der Waals surface area contributed by atoms with Gasteiger partial charge in [-0.1, -0.05) is 43.0 Å². The van der Waals surface area contributed by atoms with E-state index in [0.29, 0.717) is 31.8 Å². The van der Waals surface area contributed by atoms with Crippen molar-refractivity contribution in [3.05, 3.63) is 77.2 Å². The van der Waals surface area contributed by atoms with Crippen LogP contribution in [0.25, 0.3) is 22.2 Å². The van der Waals surface area contributed by atoms with Crippen LogP contribution < -0.4 is 4.72 Å². The fraction of sp³-hybridized carbons (Fsp3) is 0.355. The lowest BCUT2D eigenvalue weighted by Gasteiger charge is -2.27. The van der Waals surface area contributed by atoms with E-state index in [1.807, 2.05) is 16.7 Å². The number of carbonyl (C=O) groups excluding carboxylic acids is 2. The van der Waals surface area contributed by atoms with E-state index >= 15 is 0 Å². The average Bonchev–Trinajstić information content (AvgIpc) is 3.64. The van der Waals surface area contributed by atoms with Gasteiger partial charge in [-0.3, -0.25) is 9.59 Å². The molecule has 9 nitrogen and oxygen atoms in total. The Balaban J connectivity index is 1.45. The summed E-state index contributed by atoms with van der Waals surface area (Å²) in [7, 11) is -4.16. The lowest BCUT2D eigenvalue weighted by atomic mass is 9.82. The number of halogens is 1. The first-order valence-corrected chi connectivity index (χ1v) is 16.0. The van der Waals surface area contributed by atoms with Crippen LogP contribution in [-0.4, -0.2) is 56.0 Å². The molecule has 2 aromatic carbocycles. The van der Waals surface area contributed by atoms with Gasteiger partial charge in [0.15, 0.2) is 0 Å². The minimum atomic E-state index is -4.16. The van der Waals surface area contributed by atoms with Gasteiger partial charge < -0.3 is 18.6 Å². The minimum absolute atomic E-state index is 0.0477. The largest absolute Gasteiger partial charge is 0.472 e. The van der Waals surface area contributed by atoms with Crippen molar-refractivity contribution < 1.29 is 27.2 Å². The molecule has 1 aliphatic heterocycles. The van der Waals surface area contributed by atoms with Crippen LogP contribution in [0.3, 0.4) is 0 Å². The van der Waals surface area contributed by atoms with E-state index < -0.39 is 15.9 Å². The van der Waals surface area contributed by atoms with E-state index in [1.54, 1.807) is 35.6 Å². The third-order valence-electron chi connectivity index (χ3n) is 8.16. The molecule has 0 bridgehead atoms. The number of nitrogens with zero attached hydrogens (tertiary/aromatic N) is 2. The molecule has 1 N–H and O–H groups in total. The Morgan fingerprint density at radius 2 is 1.79 bits per heavy atom. The highest BCUT2D eigenvalue weighted by molar-refractivity contribution is 7.90. The third kappa shape index (κ3) is 5.71. The molecule has 42 heavy (non-hydrogen) atoms. The van der Waals surface area contributed by atoms with Gasteiger partial charge >= 0.3 is 0 Å². The highest BCUT2D eigenvalue weighted by atomic mass is 35.5. The number of carbonyl (C=O) groups is 2. The van der Waals surface area contributed by atoms with Gasteiger partial charge in [0.1, 0.15) is 6.54 Å². The van der Waals surface area contributed by atoms with Gasteiger partial charge in [0.05, 0.1) is 41.8 Å². The van der Waals surface area contributed by atoms with Crippen LogP contribution in [0.15, 0.2) is 70.4 Å². The number of sulfonamides is 1. The molecule has 1 saturated carbocycles. The number of rotatable bonds is 7. The summed E-state index contributed by atoms with van der Waals surface area (Å²) in [6, 6.07) is 12.8. The number of morpholine rings is 1. The van der Waals surface area contributed by atoms with E-state index in [2.05, 4.69) is 4.72 Å². The Morgan fingerprint density at radius 1 is 1.00 bits per heavy atom. The summed E-state index contributed by atoms with van der Waals surface area (Å²) in [6.07, 6.45) is 8.79. The van der Waals surface area contributed by atoms with E-state index in [-0.39, 0.29) is 33.9 Å². The number of aromatic nitrogens is 1. The second-order valence-electron chi connectivity index (χ2n) is 10.8. The molecule has 4 aromatic rings. The molecule has 0 spiro atoms. The Labute approximate surface area is 249 Å². The first-order chi connectivity index (χ1) is 20.3. The number of fused-ring (bicyclic) bond motifs is 1. The van der Waals surface area contributed by atoms with Gasteiger partial charge in [0.2, 0.25) is 5.91 Å². The summed E-state index contributed by atoms with van der Waals surface area (Å²) in [5.41, 5.74) is 3.76. The molecule has 2 amide bonds. The van der Waals surface area contributed by atoms with Gasteiger partial charge in [0.25, 0.3) is 15.9 Å². The number of hydrogen-bond acceptors (Lipinski definition) is 6. The van der Waals surface area contributed by atoms with Crippen LogP contribution in [0, 0.1) is 0 Å². The molecule has 0 radical (unpaired) electrons. The Hall–Kier alpha value is -3.60. The zero-order valence-electron chi connectivity index (χ0n) is 23.1. The van der Waals surface area contributed by atoms with Gasteiger partial charge in [-0.2, -0.15) is 0 Å². The van der Waals surface area contributed by atoms with Gasteiger partial charge in [-0.05, 0) is 60.7 Å². The number of hydrogen-bond donors (Lipinski definition) is 1. The summed E-state index contributed by atoms with van der Waals surface area (Å²) >= 11 is 5.98. The summed E-state index contributed by atoms with van der Waals surface area (Å²) < 4.78 is 41.0. The van der Waals surface area contributed by atoms with Crippen molar-refractivity contribution in [2.45, 2.75) is 49.5 Å². The normalized spacial score (nSPS) is 16.5. The van der Waals surface area contributed by atoms with Crippen molar-refractivity contribution in [1.82, 2.24) is 14.2 Å². The third-order valence-corrected chi connectivity index (χ3v) is 9.73. The molecule has 2 aromatic heterocycles. The molecule has 6 rings (SSSR count). The van der Waals surface area contributed by atoms with Gasteiger partial charge in [0, 0.05) is 34.6 Å². The van der Waals surface area contributed by atoms with Crippen molar-refractivity contribution in [2.24, 2.45) is 0 Å². The summed E-state index contributed by atoms with van der Waals surface area (Å²) in [5.74, 6) is -0.532. The molecule has 0 atom stereocenters. The van der Waals surface area contributed by atoms with E-state index in [0.717, 1.165) is 47.9 Å². The number of furan rings is 1. The lowest BCUT2D eigenvalue weighted by Crippen LogP contribution is -2.42. The summed E-state index contributed by atoms with van der Waals surface area (Å²) in [6.45, 7) is 2.08. The maximum atomic E-state index is 13.6. The van der Waals surface area contributed by atoms with Gasteiger partial charge in [-0.25, -0.2) is 13.1 Å². The monoisotopic (exact) mass is 609 g/mol. The average molecular weight is 610 g/mol. The van der Waals surface area contributed by atoms with E-state index in [9.17, 15) is 18.0 Å². The molecule has 1 aliphatic carbocycles. The lowest BCUT2D eigenvalue weighted by molar-refractivity contribution is -0.135. The SMILES string of the molecule is O=C(NS(=O)(=O)c1cccc(Cl)c1)c1ccc2c(C3CCCCC3)c(-c3ccoc3)n(CC(=O)N3CCOCC3)c2c1. The zero-order chi connectivity index (χ0) is 29.3. The molecule has 11 heteroatoms. The topological polar surface area (TPSA) is 111 Å². The quantitative estimate of drug-likeness (QED) is 0.293. The molecule has 1 saturated heterocycles. The van der Waals surface area contributed by atoms with Gasteiger partial charge in [-0.15, -0.1) is 0 Å². The van der Waals surface area contributed by atoms with Crippen molar-refractivity contribution in [3.8, 4) is 11.3 Å². The highest BCUT2D eigenvalue weighted by Gasteiger charge is 2.30. The van der Waals surface area contributed by atoms with Crippen LogP contribution in [0.5, 0.6) is 0 Å². The predicted molar refractivity (Wildman–Crippen MR) is 159 cm³/mol. The highest BCUT2D eigenvalue weighted by Crippen LogP contribution is 2.44. The molecular weight excluding hydrogens is 578 g/mol. The first kappa shape index (κ1) is 28.5. The first-order valence-electron chi connectivity index (χ1n) is 14.2. The van der Waals surface area contributed by atoms with Crippen LogP contribution in [0.1, 0.15) is 53.9 Å². The van der Waals surface area contributed by atoms with Crippen LogP contribution >= 0.6 is 11.6 Å². The molecule has 0 unspecified atom stereocenters. The molecule has 3 heterocycles. The summed E-state index contributed by atoms with van der Waals surface area (Å²) in [4.78, 5) is 28.6. The molecular formula is C31H32ClN3O6S. The maximum Gasteiger partial charge on any atom is 0.265 e. The molecule has 2 fully saturated rings. The van der Waals surface area contributed by atoms with Crippen molar-refractivity contribution in [1.29, 1.82) is 0 Å². The second-order valence-corrected chi connectivity index (χ2v) is 12.9. The fourth-order valence-electron chi connectivity index (χ4n) is 6.12. The standard InChI is InChI=1S/C31H32ClN3O6S/c32-24-7-4-8-25(18-24)42(38,39)33-31(37)22-9-10-26-27(17-22)35(19-28(36)34-12-15-40-16-13-34)30(23-11-14-41-20-23)29(26)21-5-2-1-3-6-21/h4,7-11,14,17-18,20-21H,1-3,5-6,12-13,15-16,19H2,(H,33,37). The number of amides is 2. The smallest absolute Gasteiger partial charge is 0.265 e. The van der Waals surface area contributed by atoms with Crippen LogP contribution in [-0.2, 0) is 26.1 Å². The maximum absolute atomic E-state index is 13.6. The summed E-state index contributed by atoms with van der Waals surface area (Å²) in [5, 5.41) is 1.19. The van der Waals surface area contributed by atoms with Crippen molar-refractivity contribution in [2.75, 3.05) is 26.3 Å². The van der Waals surface area contributed by atoms with Crippen LogP contribution in [0.4, 0.5) is 0 Å². The Bertz CT molecular complexity index is 1720. The fourth-order valence-corrected chi connectivity index (χ4v) is 7.39. The van der Waals surface area contributed by atoms with E-state index in [1.165, 1.54) is 24.6 Å². The van der Waals surface area contributed by atoms with E-state index in [4.69, 9.17) is 20.8 Å². The Kier molecular flexibility index (Phi) is 8.11. The Morgan fingerprint density at radius 3 is 2.50 bits per heavy atom. The zero-order valence-corrected chi connectivity index (χ0v) is 24.6. The molecule has 220 valence electrons. The second kappa shape index (κ2) is 11.9. The molecule has 2 aliphatic rings. The number of benzene rings is 2. The number of ether oxygens (including phenoxy) is 1. The predicted octanol–water partition coefficient (Wildman–Crippen LogP) is 5.58. The minimum Gasteiger partial charge on any atom is -0.472 e. The van der Waals surface area contributed by atoms with Crippen molar-refractivity contribution >= 4 is 44.3 Å². The van der Waals surface area contributed by atoms with Crippen LogP contribution in [0.2, 0.25) is 5.02 Å². The number of nitrogens with one attached hydrogen (secondary N) is 1. The van der Waals surface area contributed by atoms with Crippen molar-refractivity contribution in [3.63, 3.8) is 0 Å².